The van der Waals surface area contributed by atoms with Gasteiger partial charge in [-0.15, -0.1) is 0 Å². The van der Waals surface area contributed by atoms with Gasteiger partial charge in [-0.05, 0) is 43.4 Å². The number of aliphatic hydroxyl groups excluding tert-OH is 1. The van der Waals surface area contributed by atoms with Crippen molar-refractivity contribution >= 4 is 39.5 Å². The molecular weight excluding hydrogens is 1200 g/mol. The minimum Gasteiger partial charge on any atom is -0.462 e. The van der Waals surface area contributed by atoms with Gasteiger partial charge in [-0.2, -0.15) is 0 Å². The number of phosphoric acid groups is 2. The van der Waals surface area contributed by atoms with Crippen LogP contribution in [0.5, 0.6) is 0 Å². The summed E-state index contributed by atoms with van der Waals surface area (Å²) in [7, 11) is -9.91. The number of carbonyl (C=O) groups is 4. The Hall–Kier alpha value is -1.94. The quantitative estimate of drug-likeness (QED) is 0.0222. The molecule has 17 nitrogen and oxygen atoms in total. The first-order valence-corrected chi connectivity index (χ1v) is 40.4. The first-order valence-electron chi connectivity index (χ1n) is 37.4. The van der Waals surface area contributed by atoms with E-state index in [9.17, 15) is 43.2 Å². The Balaban J connectivity index is 5.27. The van der Waals surface area contributed by atoms with E-state index in [0.29, 0.717) is 25.7 Å². The van der Waals surface area contributed by atoms with Gasteiger partial charge < -0.3 is 33.8 Å². The predicted octanol–water partition coefficient (Wildman–Crippen LogP) is 20.6. The molecule has 540 valence electrons. The Morgan fingerprint density at radius 1 is 0.319 bits per heavy atom. The Labute approximate surface area is 556 Å². The van der Waals surface area contributed by atoms with Crippen LogP contribution < -0.4 is 0 Å². The molecule has 0 spiro atoms. The van der Waals surface area contributed by atoms with Crippen LogP contribution in [0.4, 0.5) is 0 Å². The summed E-state index contributed by atoms with van der Waals surface area (Å²) in [4.78, 5) is 72.7. The highest BCUT2D eigenvalue weighted by Crippen LogP contribution is 2.45. The maximum absolute atomic E-state index is 13.0. The molecule has 91 heavy (non-hydrogen) atoms. The van der Waals surface area contributed by atoms with Gasteiger partial charge in [0.15, 0.2) is 12.2 Å². The van der Waals surface area contributed by atoms with E-state index in [1.165, 1.54) is 173 Å². The lowest BCUT2D eigenvalue weighted by Gasteiger charge is -2.21. The third kappa shape index (κ3) is 65.1. The molecule has 0 aliphatic carbocycles. The standard InChI is InChI=1S/C72H140O17P2/c1-8-10-11-12-13-14-15-16-17-18-19-24-34-41-48-55-71(76)88-67(59-82-69(74)53-46-39-32-25-20-22-29-36-43-50-63(3)4)61-86-90(78,79)84-57-66(73)58-85-91(80,81)87-62-68(89-72(77)56-49-42-35-26-21-23-30-37-44-51-64(5)6)60-83-70(75)54-47-40-33-28-27-31-38-45-52-65(7)9-2/h63-68,73H,8-62H2,1-7H3,(H,78,79)(H,80,81)/t65?,66-,67-,68-/m1/s1. The molecule has 0 aliphatic heterocycles. The van der Waals surface area contributed by atoms with Gasteiger partial charge in [-0.25, -0.2) is 9.13 Å². The molecule has 19 heteroatoms. The van der Waals surface area contributed by atoms with Crippen LogP contribution in [0.1, 0.15) is 363 Å². The summed E-state index contributed by atoms with van der Waals surface area (Å²) < 4.78 is 68.4. The second-order valence-corrected chi connectivity index (χ2v) is 30.1. The number of esters is 4. The monoisotopic (exact) mass is 1340 g/mol. The van der Waals surface area contributed by atoms with Gasteiger partial charge in [-0.3, -0.25) is 37.3 Å². The fraction of sp³-hybridized carbons (Fsp3) is 0.944. The van der Waals surface area contributed by atoms with E-state index in [-0.39, 0.29) is 25.7 Å². The van der Waals surface area contributed by atoms with E-state index in [4.69, 9.17) is 37.0 Å². The normalized spacial score (nSPS) is 14.5. The minimum atomic E-state index is -4.95. The average molecular weight is 1340 g/mol. The molecule has 3 unspecified atom stereocenters. The first kappa shape index (κ1) is 89.1. The van der Waals surface area contributed by atoms with Crippen LogP contribution in [0.3, 0.4) is 0 Å². The third-order valence-electron chi connectivity index (χ3n) is 17.0. The number of hydrogen-bond donors (Lipinski definition) is 3. The van der Waals surface area contributed by atoms with E-state index in [1.54, 1.807) is 0 Å². The predicted molar refractivity (Wildman–Crippen MR) is 368 cm³/mol. The highest BCUT2D eigenvalue weighted by atomic mass is 31.2. The zero-order valence-corrected chi connectivity index (χ0v) is 61.1. The maximum atomic E-state index is 13.0. The average Bonchev–Trinajstić information content (AvgIpc) is 3.48. The van der Waals surface area contributed by atoms with E-state index < -0.39 is 97.5 Å². The van der Waals surface area contributed by atoms with Crippen LogP contribution >= 0.6 is 15.6 Å². The van der Waals surface area contributed by atoms with Crippen LogP contribution in [0.15, 0.2) is 0 Å². The van der Waals surface area contributed by atoms with Crippen molar-refractivity contribution in [1.82, 2.24) is 0 Å². The van der Waals surface area contributed by atoms with E-state index >= 15 is 0 Å². The van der Waals surface area contributed by atoms with Crippen molar-refractivity contribution in [2.75, 3.05) is 39.6 Å². The van der Waals surface area contributed by atoms with Crippen LogP contribution in [0, 0.1) is 17.8 Å². The molecule has 0 aromatic heterocycles. The number of hydrogen-bond acceptors (Lipinski definition) is 15. The Bertz CT molecular complexity index is 1790. The molecule has 0 heterocycles. The first-order chi connectivity index (χ1) is 43.8. The minimum absolute atomic E-state index is 0.105. The zero-order valence-electron chi connectivity index (χ0n) is 59.3. The van der Waals surface area contributed by atoms with E-state index in [1.807, 2.05) is 0 Å². The van der Waals surface area contributed by atoms with Gasteiger partial charge in [0.25, 0.3) is 0 Å². The van der Waals surface area contributed by atoms with Gasteiger partial charge in [0.1, 0.15) is 19.3 Å². The lowest BCUT2D eigenvalue weighted by atomic mass is 9.99. The summed E-state index contributed by atoms with van der Waals surface area (Å²) in [5.41, 5.74) is 0. The molecule has 6 atom stereocenters. The SMILES string of the molecule is CCCCCCCCCCCCCCCCCC(=O)O[C@H](COC(=O)CCCCCCCCCCCC(C)C)COP(=O)(O)OC[C@@H](O)COP(=O)(O)OC[C@@H](COC(=O)CCCCCCCCCCC(C)CC)OC(=O)CCCCCCCCCCCC(C)C. The highest BCUT2D eigenvalue weighted by Gasteiger charge is 2.30. The van der Waals surface area contributed by atoms with Gasteiger partial charge >= 0.3 is 39.5 Å². The fourth-order valence-electron chi connectivity index (χ4n) is 10.9. The molecule has 3 N–H and O–H groups in total. The number of unbranched alkanes of at least 4 members (excludes halogenated alkanes) is 37. The molecule has 0 saturated heterocycles. The number of rotatable bonds is 70. The lowest BCUT2D eigenvalue weighted by Crippen LogP contribution is -2.30. The Morgan fingerprint density at radius 2 is 0.560 bits per heavy atom. The summed E-state index contributed by atoms with van der Waals surface area (Å²) in [6, 6.07) is 0. The van der Waals surface area contributed by atoms with E-state index in [2.05, 4.69) is 48.5 Å². The summed E-state index contributed by atoms with van der Waals surface area (Å²) in [5, 5.41) is 10.6. The van der Waals surface area contributed by atoms with Crippen molar-refractivity contribution < 1.29 is 80.2 Å². The van der Waals surface area contributed by atoms with Crippen molar-refractivity contribution in [2.45, 2.75) is 381 Å². The summed E-state index contributed by atoms with van der Waals surface area (Å²) in [6.07, 6.45) is 47.1. The number of carbonyl (C=O) groups excluding carboxylic acids is 4. The maximum Gasteiger partial charge on any atom is 0.472 e. The number of phosphoric ester groups is 2. The molecule has 0 aromatic rings. The summed E-state index contributed by atoms with van der Waals surface area (Å²) in [6.45, 7) is 11.8. The molecule has 0 aromatic carbocycles. The Morgan fingerprint density at radius 3 is 0.835 bits per heavy atom. The molecular formula is C72H140O17P2. The van der Waals surface area contributed by atoms with Crippen LogP contribution in [0.2, 0.25) is 0 Å². The van der Waals surface area contributed by atoms with Crippen LogP contribution in [-0.4, -0.2) is 96.7 Å². The van der Waals surface area contributed by atoms with Gasteiger partial charge in [0, 0.05) is 25.7 Å². The van der Waals surface area contributed by atoms with Crippen molar-refractivity contribution in [3.05, 3.63) is 0 Å². The van der Waals surface area contributed by atoms with E-state index in [0.717, 1.165) is 108 Å². The lowest BCUT2D eigenvalue weighted by molar-refractivity contribution is -0.161. The largest absolute Gasteiger partial charge is 0.472 e. The van der Waals surface area contributed by atoms with Gasteiger partial charge in [0.05, 0.1) is 26.4 Å². The Kier molecular flexibility index (Phi) is 61.5. The second-order valence-electron chi connectivity index (χ2n) is 27.2. The van der Waals surface area contributed by atoms with Gasteiger partial charge in [-0.1, -0.05) is 312 Å². The zero-order chi connectivity index (χ0) is 67.3. The summed E-state index contributed by atoms with van der Waals surface area (Å²) >= 11 is 0. The van der Waals surface area contributed by atoms with Gasteiger partial charge in [0.2, 0.25) is 0 Å². The van der Waals surface area contributed by atoms with Crippen LogP contribution in [-0.2, 0) is 65.4 Å². The molecule has 0 radical (unpaired) electrons. The van der Waals surface area contributed by atoms with Crippen molar-refractivity contribution in [1.29, 1.82) is 0 Å². The highest BCUT2D eigenvalue weighted by molar-refractivity contribution is 7.47. The molecule has 0 fully saturated rings. The fourth-order valence-corrected chi connectivity index (χ4v) is 12.4. The summed E-state index contributed by atoms with van der Waals surface area (Å²) in [5.74, 6) is 0.135. The molecule has 0 bridgehead atoms. The number of aliphatic hydroxyl groups is 1. The smallest absolute Gasteiger partial charge is 0.462 e. The number of ether oxygens (including phenoxy) is 4. The van der Waals surface area contributed by atoms with Crippen molar-refractivity contribution in [3.63, 3.8) is 0 Å². The molecule has 0 saturated carbocycles. The molecule has 0 rings (SSSR count). The second kappa shape index (κ2) is 62.8. The topological polar surface area (TPSA) is 237 Å². The van der Waals surface area contributed by atoms with Crippen molar-refractivity contribution in [2.24, 2.45) is 17.8 Å². The van der Waals surface area contributed by atoms with Crippen molar-refractivity contribution in [3.8, 4) is 0 Å². The third-order valence-corrected chi connectivity index (χ3v) is 18.9. The van der Waals surface area contributed by atoms with Crippen LogP contribution in [0.25, 0.3) is 0 Å². The molecule has 0 amide bonds. The molecule has 0 aliphatic rings.